The Hall–Kier alpha value is -0.180. The number of rotatable bonds is 4. The van der Waals surface area contributed by atoms with E-state index in [9.17, 15) is 0 Å². The van der Waals surface area contributed by atoms with Gasteiger partial charge in [0, 0.05) is 17.2 Å². The summed E-state index contributed by atoms with van der Waals surface area (Å²) in [7, 11) is 0. The van der Waals surface area contributed by atoms with Gasteiger partial charge < -0.3 is 5.73 Å². The van der Waals surface area contributed by atoms with Crippen molar-refractivity contribution in [1.29, 1.82) is 0 Å². The van der Waals surface area contributed by atoms with Crippen molar-refractivity contribution in [1.82, 2.24) is 0 Å². The fourth-order valence-electron chi connectivity index (χ4n) is 2.25. The van der Waals surface area contributed by atoms with E-state index in [0.29, 0.717) is 6.54 Å². The lowest BCUT2D eigenvalue weighted by Gasteiger charge is -2.12. The van der Waals surface area contributed by atoms with Gasteiger partial charge in [0.25, 0.3) is 0 Å². The third-order valence-electron chi connectivity index (χ3n) is 3.21. The molecule has 0 aliphatic heterocycles. The highest BCUT2D eigenvalue weighted by Gasteiger charge is 2.16. The van der Waals surface area contributed by atoms with E-state index in [4.69, 9.17) is 17.3 Å². The van der Waals surface area contributed by atoms with Gasteiger partial charge in [0.1, 0.15) is 0 Å². The number of hydrogen-bond acceptors (Lipinski definition) is 2. The van der Waals surface area contributed by atoms with Crippen molar-refractivity contribution in [3.05, 3.63) is 28.8 Å². The van der Waals surface area contributed by atoms with E-state index in [1.54, 1.807) is 0 Å². The molecular weight excluding hydrogens is 238 g/mol. The number of hydrogen-bond donors (Lipinski definition) is 1. The summed E-state index contributed by atoms with van der Waals surface area (Å²) in [6, 6.07) is 6.00. The molecule has 0 unspecified atom stereocenters. The van der Waals surface area contributed by atoms with Gasteiger partial charge in [-0.15, -0.1) is 11.8 Å². The summed E-state index contributed by atoms with van der Waals surface area (Å²) in [6.07, 6.45) is 5.57. The molecule has 2 N–H and O–H groups in total. The van der Waals surface area contributed by atoms with Gasteiger partial charge in [0.15, 0.2) is 0 Å². The van der Waals surface area contributed by atoms with E-state index in [1.165, 1.54) is 41.9 Å². The number of benzene rings is 1. The molecule has 1 aliphatic carbocycles. The maximum Gasteiger partial charge on any atom is 0.0545 e. The third-order valence-corrected chi connectivity index (χ3v) is 5.04. The summed E-state index contributed by atoms with van der Waals surface area (Å²) in [6.45, 7) is 0.577. The lowest BCUT2D eigenvalue weighted by molar-refractivity contribution is 0.623. The highest BCUT2D eigenvalue weighted by atomic mass is 35.5. The topological polar surface area (TPSA) is 26.0 Å². The van der Waals surface area contributed by atoms with Gasteiger partial charge in [0.05, 0.1) is 5.02 Å². The van der Waals surface area contributed by atoms with Crippen molar-refractivity contribution in [2.45, 2.75) is 37.1 Å². The van der Waals surface area contributed by atoms with Crippen molar-refractivity contribution in [3.8, 4) is 0 Å². The molecule has 1 saturated carbocycles. The number of nitrogens with two attached hydrogens (primary N) is 1. The summed E-state index contributed by atoms with van der Waals surface area (Å²) in [4.78, 5) is 1.19. The van der Waals surface area contributed by atoms with Crippen LogP contribution >= 0.6 is 23.4 Å². The molecule has 1 aliphatic rings. The van der Waals surface area contributed by atoms with Crippen LogP contribution in [0.15, 0.2) is 23.1 Å². The predicted octanol–water partition coefficient (Wildman–Crippen LogP) is 4.08. The summed E-state index contributed by atoms with van der Waals surface area (Å²) in [5, 5.41) is 0.853. The summed E-state index contributed by atoms with van der Waals surface area (Å²) in [5.74, 6) is 2.07. The van der Waals surface area contributed by atoms with Gasteiger partial charge in [0.2, 0.25) is 0 Å². The zero-order valence-corrected chi connectivity index (χ0v) is 11.0. The van der Waals surface area contributed by atoms with Crippen LogP contribution in [-0.2, 0) is 6.54 Å². The molecule has 0 atom stereocenters. The first-order valence-electron chi connectivity index (χ1n) is 5.91. The molecule has 0 saturated heterocycles. The molecule has 0 radical (unpaired) electrons. The fourth-order valence-corrected chi connectivity index (χ4v) is 3.89. The molecule has 1 nitrogen and oxygen atoms in total. The maximum absolute atomic E-state index is 6.22. The molecule has 1 aromatic rings. The molecule has 0 spiro atoms. The Bertz CT molecular complexity index is 348. The molecule has 3 heteroatoms. The van der Waals surface area contributed by atoms with E-state index >= 15 is 0 Å². The lowest BCUT2D eigenvalue weighted by atomic mass is 10.1. The lowest BCUT2D eigenvalue weighted by Crippen LogP contribution is -2.01. The molecule has 0 amide bonds. The van der Waals surface area contributed by atoms with E-state index in [2.05, 4.69) is 6.07 Å². The Morgan fingerprint density at radius 1 is 1.31 bits per heavy atom. The number of halogens is 1. The smallest absolute Gasteiger partial charge is 0.0545 e. The molecule has 0 bridgehead atoms. The SMILES string of the molecule is NCc1cccc(Cl)c1SCC1CCCC1. The quantitative estimate of drug-likeness (QED) is 0.821. The minimum absolute atomic E-state index is 0.577. The van der Waals surface area contributed by atoms with Crippen LogP contribution in [0.3, 0.4) is 0 Å². The Balaban J connectivity index is 2.01. The normalized spacial score (nSPS) is 16.9. The maximum atomic E-state index is 6.22. The van der Waals surface area contributed by atoms with Crippen LogP contribution in [0.4, 0.5) is 0 Å². The van der Waals surface area contributed by atoms with Crippen LogP contribution in [0.2, 0.25) is 5.02 Å². The standard InChI is InChI=1S/C13H18ClNS/c14-12-7-3-6-11(8-15)13(12)16-9-10-4-1-2-5-10/h3,6-7,10H,1-2,4-5,8-9,15H2. The minimum Gasteiger partial charge on any atom is -0.326 e. The Kier molecular flexibility index (Phi) is 4.56. The molecule has 0 aromatic heterocycles. The Morgan fingerprint density at radius 3 is 2.75 bits per heavy atom. The van der Waals surface area contributed by atoms with E-state index in [-0.39, 0.29) is 0 Å². The van der Waals surface area contributed by atoms with Gasteiger partial charge in [-0.05, 0) is 30.4 Å². The average molecular weight is 256 g/mol. The van der Waals surface area contributed by atoms with Gasteiger partial charge in [-0.25, -0.2) is 0 Å². The molecular formula is C13H18ClNS. The van der Waals surface area contributed by atoms with Crippen molar-refractivity contribution < 1.29 is 0 Å². The first-order valence-corrected chi connectivity index (χ1v) is 7.28. The van der Waals surface area contributed by atoms with Crippen molar-refractivity contribution in [2.24, 2.45) is 11.7 Å². The van der Waals surface area contributed by atoms with Crippen molar-refractivity contribution >= 4 is 23.4 Å². The first-order chi connectivity index (χ1) is 7.81. The van der Waals surface area contributed by atoms with Crippen LogP contribution in [-0.4, -0.2) is 5.75 Å². The summed E-state index contributed by atoms with van der Waals surface area (Å²) in [5.41, 5.74) is 6.91. The zero-order valence-electron chi connectivity index (χ0n) is 9.42. The van der Waals surface area contributed by atoms with Crippen molar-refractivity contribution in [2.75, 3.05) is 5.75 Å². The van der Waals surface area contributed by atoms with E-state index < -0.39 is 0 Å². The average Bonchev–Trinajstić information content (AvgIpc) is 2.80. The summed E-state index contributed by atoms with van der Waals surface area (Å²) < 4.78 is 0. The fraction of sp³-hybridized carbons (Fsp3) is 0.538. The van der Waals surface area contributed by atoms with Crippen LogP contribution in [0, 0.1) is 5.92 Å². The summed E-state index contributed by atoms with van der Waals surface area (Å²) >= 11 is 8.10. The number of thioether (sulfide) groups is 1. The van der Waals surface area contributed by atoms with Crippen LogP contribution in [0.5, 0.6) is 0 Å². The second kappa shape index (κ2) is 5.95. The second-order valence-electron chi connectivity index (χ2n) is 4.39. The molecule has 1 aromatic carbocycles. The molecule has 88 valence electrons. The first kappa shape index (κ1) is 12.3. The second-order valence-corrected chi connectivity index (χ2v) is 5.83. The molecule has 1 fully saturated rings. The third kappa shape index (κ3) is 2.93. The monoisotopic (exact) mass is 255 g/mol. The van der Waals surface area contributed by atoms with Gasteiger partial charge in [-0.3, -0.25) is 0 Å². The Labute approximate surface area is 107 Å². The van der Waals surface area contributed by atoms with E-state index in [1.807, 2.05) is 23.9 Å². The van der Waals surface area contributed by atoms with Gasteiger partial charge in [-0.2, -0.15) is 0 Å². The highest BCUT2D eigenvalue weighted by Crippen LogP contribution is 2.35. The van der Waals surface area contributed by atoms with Gasteiger partial charge >= 0.3 is 0 Å². The van der Waals surface area contributed by atoms with E-state index in [0.717, 1.165) is 10.9 Å². The predicted molar refractivity (Wildman–Crippen MR) is 72.0 cm³/mol. The van der Waals surface area contributed by atoms with Crippen LogP contribution in [0.1, 0.15) is 31.2 Å². The van der Waals surface area contributed by atoms with Crippen LogP contribution in [0.25, 0.3) is 0 Å². The largest absolute Gasteiger partial charge is 0.326 e. The van der Waals surface area contributed by atoms with Crippen molar-refractivity contribution in [3.63, 3.8) is 0 Å². The van der Waals surface area contributed by atoms with Crippen LogP contribution < -0.4 is 5.73 Å². The molecule has 0 heterocycles. The molecule has 2 rings (SSSR count). The Morgan fingerprint density at radius 2 is 2.06 bits per heavy atom. The highest BCUT2D eigenvalue weighted by molar-refractivity contribution is 7.99. The zero-order chi connectivity index (χ0) is 11.4. The van der Waals surface area contributed by atoms with Gasteiger partial charge in [-0.1, -0.05) is 36.6 Å². The molecule has 16 heavy (non-hydrogen) atoms. The minimum atomic E-state index is 0.577.